The molecule has 24 heavy (non-hydrogen) atoms. The molecule has 0 aliphatic rings. The van der Waals surface area contributed by atoms with Crippen molar-refractivity contribution in [2.45, 2.75) is 17.9 Å². The summed E-state index contributed by atoms with van der Waals surface area (Å²) in [6.45, 7) is 0.159. The van der Waals surface area contributed by atoms with Crippen LogP contribution in [-0.2, 0) is 23.0 Å². The van der Waals surface area contributed by atoms with Crippen LogP contribution in [0.4, 0.5) is 0 Å². The van der Waals surface area contributed by atoms with Crippen molar-refractivity contribution in [3.63, 3.8) is 0 Å². The standard InChI is InChI=1S/C17H20ClNO4S/c1-22-16-8-5-14(11-17(16)23-2)12-19-24(20,21)15-6-3-13(4-7-15)9-10-18/h3-8,11,19H,9-10,12H2,1-2H3. The maximum atomic E-state index is 12.4. The minimum Gasteiger partial charge on any atom is -0.493 e. The van der Waals surface area contributed by atoms with Crippen molar-refractivity contribution in [3.8, 4) is 11.5 Å². The first kappa shape index (κ1) is 18.6. The number of nitrogens with one attached hydrogen (secondary N) is 1. The molecule has 130 valence electrons. The van der Waals surface area contributed by atoms with Crippen LogP contribution in [0.25, 0.3) is 0 Å². The lowest BCUT2D eigenvalue weighted by atomic mass is 10.2. The molecule has 0 saturated heterocycles. The Hall–Kier alpha value is -1.76. The molecule has 2 aromatic carbocycles. The highest BCUT2D eigenvalue weighted by Gasteiger charge is 2.14. The highest BCUT2D eigenvalue weighted by atomic mass is 35.5. The van der Waals surface area contributed by atoms with Gasteiger partial charge in [-0.3, -0.25) is 0 Å². The molecule has 0 radical (unpaired) electrons. The second-order valence-electron chi connectivity index (χ2n) is 5.10. The molecule has 0 spiro atoms. The van der Waals surface area contributed by atoms with Crippen molar-refractivity contribution in [2.75, 3.05) is 20.1 Å². The number of aryl methyl sites for hydroxylation is 1. The fourth-order valence-corrected chi connectivity index (χ4v) is 3.43. The highest BCUT2D eigenvalue weighted by molar-refractivity contribution is 7.89. The van der Waals surface area contributed by atoms with Crippen LogP contribution in [0.3, 0.4) is 0 Å². The smallest absolute Gasteiger partial charge is 0.240 e. The number of sulfonamides is 1. The SMILES string of the molecule is COc1ccc(CNS(=O)(=O)c2ccc(CCCl)cc2)cc1OC. The van der Waals surface area contributed by atoms with Crippen LogP contribution in [0.15, 0.2) is 47.4 Å². The summed E-state index contributed by atoms with van der Waals surface area (Å²) < 4.78 is 37.7. The van der Waals surface area contributed by atoms with Gasteiger partial charge in [-0.2, -0.15) is 0 Å². The number of ether oxygens (including phenoxy) is 2. The van der Waals surface area contributed by atoms with Crippen molar-refractivity contribution in [1.82, 2.24) is 4.72 Å². The van der Waals surface area contributed by atoms with Gasteiger partial charge in [0, 0.05) is 12.4 Å². The molecule has 7 heteroatoms. The van der Waals surface area contributed by atoms with E-state index in [-0.39, 0.29) is 11.4 Å². The van der Waals surface area contributed by atoms with Gasteiger partial charge in [-0.1, -0.05) is 18.2 Å². The zero-order chi connectivity index (χ0) is 17.6. The van der Waals surface area contributed by atoms with Crippen LogP contribution in [0.2, 0.25) is 0 Å². The lowest BCUT2D eigenvalue weighted by Gasteiger charge is -2.11. The molecular formula is C17H20ClNO4S. The third-order valence-electron chi connectivity index (χ3n) is 3.53. The van der Waals surface area contributed by atoms with Gasteiger partial charge in [0.1, 0.15) is 0 Å². The van der Waals surface area contributed by atoms with Gasteiger partial charge < -0.3 is 9.47 Å². The van der Waals surface area contributed by atoms with Gasteiger partial charge in [0.2, 0.25) is 10.0 Å². The molecule has 1 N–H and O–H groups in total. The Morgan fingerprint density at radius 3 is 2.17 bits per heavy atom. The normalized spacial score (nSPS) is 11.3. The van der Waals surface area contributed by atoms with E-state index in [1.807, 2.05) is 0 Å². The molecule has 5 nitrogen and oxygen atoms in total. The summed E-state index contributed by atoms with van der Waals surface area (Å²) in [5.74, 6) is 1.66. The Kier molecular flexibility index (Phi) is 6.48. The fraction of sp³-hybridized carbons (Fsp3) is 0.294. The van der Waals surface area contributed by atoms with Gasteiger partial charge in [-0.15, -0.1) is 11.6 Å². The van der Waals surface area contributed by atoms with Crippen LogP contribution < -0.4 is 14.2 Å². The first-order valence-corrected chi connectivity index (χ1v) is 9.37. The van der Waals surface area contributed by atoms with E-state index in [9.17, 15) is 8.42 Å². The minimum absolute atomic E-state index is 0.159. The summed E-state index contributed by atoms with van der Waals surface area (Å²) >= 11 is 5.68. The Morgan fingerprint density at radius 2 is 1.58 bits per heavy atom. The van der Waals surface area contributed by atoms with E-state index < -0.39 is 10.0 Å². The van der Waals surface area contributed by atoms with Crippen molar-refractivity contribution in [1.29, 1.82) is 0 Å². The maximum Gasteiger partial charge on any atom is 0.240 e. The summed E-state index contributed by atoms with van der Waals surface area (Å²) in [5, 5.41) is 0. The third-order valence-corrected chi connectivity index (χ3v) is 5.14. The third kappa shape index (κ3) is 4.63. The number of hydrogen-bond donors (Lipinski definition) is 1. The molecule has 2 rings (SSSR count). The largest absolute Gasteiger partial charge is 0.493 e. The average Bonchev–Trinajstić information content (AvgIpc) is 2.60. The summed E-state index contributed by atoms with van der Waals surface area (Å²) in [6.07, 6.45) is 0.709. The first-order valence-electron chi connectivity index (χ1n) is 7.35. The van der Waals surface area contributed by atoms with Crippen LogP contribution in [-0.4, -0.2) is 28.5 Å². The van der Waals surface area contributed by atoms with Gasteiger partial charge >= 0.3 is 0 Å². The van der Waals surface area contributed by atoms with Crippen LogP contribution >= 0.6 is 11.6 Å². The molecule has 0 atom stereocenters. The zero-order valence-electron chi connectivity index (χ0n) is 13.6. The average molecular weight is 370 g/mol. The van der Waals surface area contributed by atoms with Crippen LogP contribution in [0, 0.1) is 0 Å². The quantitative estimate of drug-likeness (QED) is 0.726. The number of alkyl halides is 1. The van der Waals surface area contributed by atoms with E-state index in [2.05, 4.69) is 4.72 Å². The lowest BCUT2D eigenvalue weighted by Crippen LogP contribution is -2.23. The van der Waals surface area contributed by atoms with Gasteiger partial charge in [-0.25, -0.2) is 13.1 Å². The number of hydrogen-bond acceptors (Lipinski definition) is 4. The van der Waals surface area contributed by atoms with E-state index in [4.69, 9.17) is 21.1 Å². The van der Waals surface area contributed by atoms with Gasteiger partial charge in [0.05, 0.1) is 19.1 Å². The van der Waals surface area contributed by atoms with E-state index in [1.54, 1.807) is 49.6 Å². The van der Waals surface area contributed by atoms with Crippen LogP contribution in [0.1, 0.15) is 11.1 Å². The summed E-state index contributed by atoms with van der Waals surface area (Å²) in [7, 11) is -0.495. The van der Waals surface area contributed by atoms with Crippen molar-refractivity contribution >= 4 is 21.6 Å². The minimum atomic E-state index is -3.58. The Morgan fingerprint density at radius 1 is 0.958 bits per heavy atom. The second kappa shape index (κ2) is 8.37. The summed E-state index contributed by atoms with van der Waals surface area (Å²) in [5.41, 5.74) is 1.78. The molecular weight excluding hydrogens is 350 g/mol. The topological polar surface area (TPSA) is 64.6 Å². The van der Waals surface area contributed by atoms with Crippen molar-refractivity contribution < 1.29 is 17.9 Å². The molecule has 2 aromatic rings. The van der Waals surface area contributed by atoms with Gasteiger partial charge in [-0.05, 0) is 41.8 Å². The Balaban J connectivity index is 2.09. The Labute approximate surface area is 147 Å². The monoisotopic (exact) mass is 369 g/mol. The van der Waals surface area contributed by atoms with E-state index >= 15 is 0 Å². The van der Waals surface area contributed by atoms with E-state index in [0.29, 0.717) is 23.8 Å². The molecule has 0 aliphatic carbocycles. The molecule has 0 amide bonds. The molecule has 0 aliphatic heterocycles. The summed E-state index contributed by atoms with van der Waals surface area (Å²) in [4.78, 5) is 0.223. The predicted octanol–water partition coefficient (Wildman–Crippen LogP) is 2.96. The lowest BCUT2D eigenvalue weighted by molar-refractivity contribution is 0.354. The number of halogens is 1. The predicted molar refractivity (Wildman–Crippen MR) is 94.4 cm³/mol. The number of methoxy groups -OCH3 is 2. The molecule has 0 saturated carbocycles. The number of rotatable bonds is 8. The van der Waals surface area contributed by atoms with Crippen molar-refractivity contribution in [2.24, 2.45) is 0 Å². The summed E-state index contributed by atoms with van der Waals surface area (Å²) in [6, 6.07) is 12.0. The first-order chi connectivity index (χ1) is 11.5. The molecule has 0 heterocycles. The van der Waals surface area contributed by atoms with E-state index in [1.165, 1.54) is 7.11 Å². The zero-order valence-corrected chi connectivity index (χ0v) is 15.2. The Bertz CT molecular complexity index is 776. The molecule has 0 unspecified atom stereocenters. The maximum absolute atomic E-state index is 12.4. The van der Waals surface area contributed by atoms with Gasteiger partial charge in [0.25, 0.3) is 0 Å². The molecule has 0 aromatic heterocycles. The second-order valence-corrected chi connectivity index (χ2v) is 7.24. The van der Waals surface area contributed by atoms with E-state index in [0.717, 1.165) is 11.1 Å². The highest BCUT2D eigenvalue weighted by Crippen LogP contribution is 2.27. The van der Waals surface area contributed by atoms with Crippen molar-refractivity contribution in [3.05, 3.63) is 53.6 Å². The van der Waals surface area contributed by atoms with Crippen LogP contribution in [0.5, 0.6) is 11.5 Å². The molecule has 0 fully saturated rings. The number of benzene rings is 2. The molecule has 0 bridgehead atoms. The van der Waals surface area contributed by atoms with Gasteiger partial charge in [0.15, 0.2) is 11.5 Å². The fourth-order valence-electron chi connectivity index (χ4n) is 2.20.